The Hall–Kier alpha value is -2.72. The van der Waals surface area contributed by atoms with Crippen LogP contribution in [-0.2, 0) is 6.54 Å². The second kappa shape index (κ2) is 7.36. The molecule has 0 spiro atoms. The first-order chi connectivity index (χ1) is 13.5. The van der Waals surface area contributed by atoms with Gasteiger partial charge in [-0.1, -0.05) is 31.4 Å². The molecule has 1 aliphatic carbocycles. The number of rotatable bonds is 4. The number of fused-ring (bicyclic) bond motifs is 1. The monoisotopic (exact) mass is 396 g/mol. The van der Waals surface area contributed by atoms with E-state index in [1.165, 1.54) is 23.5 Å². The lowest BCUT2D eigenvalue weighted by atomic mass is 9.83. The average Bonchev–Trinajstić information content (AvgIpc) is 3.26. The highest BCUT2D eigenvalue weighted by Gasteiger charge is 2.34. The smallest absolute Gasteiger partial charge is 0.262 e. The number of nitriles is 1. The van der Waals surface area contributed by atoms with E-state index < -0.39 is 5.54 Å². The van der Waals surface area contributed by atoms with E-state index in [2.05, 4.69) is 16.5 Å². The zero-order valence-electron chi connectivity index (χ0n) is 15.7. The summed E-state index contributed by atoms with van der Waals surface area (Å²) in [4.78, 5) is 14.3. The standard InChI is InChI=1S/C21H21FN4OS/c1-14-17-11-18(19(27)24-21(13-23)9-3-2-4-10-21)28-20(17)26(25-14)12-15-5-7-16(22)8-6-15/h5-8,11H,2-4,9-10,12H2,1H3,(H,24,27). The van der Waals surface area contributed by atoms with Crippen molar-refractivity contribution in [1.82, 2.24) is 15.1 Å². The summed E-state index contributed by atoms with van der Waals surface area (Å²) in [5.41, 5.74) is 1.04. The van der Waals surface area contributed by atoms with Crippen LogP contribution in [0.3, 0.4) is 0 Å². The molecule has 4 rings (SSSR count). The summed E-state index contributed by atoms with van der Waals surface area (Å²) in [5.74, 6) is -0.466. The number of halogens is 1. The van der Waals surface area contributed by atoms with Crippen molar-refractivity contribution < 1.29 is 9.18 Å². The van der Waals surface area contributed by atoms with Crippen molar-refractivity contribution >= 4 is 27.5 Å². The van der Waals surface area contributed by atoms with Crippen molar-refractivity contribution in [2.45, 2.75) is 51.1 Å². The summed E-state index contributed by atoms with van der Waals surface area (Å²) < 4.78 is 15.0. The van der Waals surface area contributed by atoms with Crippen LogP contribution < -0.4 is 5.32 Å². The molecule has 1 saturated carbocycles. The molecule has 0 radical (unpaired) electrons. The largest absolute Gasteiger partial charge is 0.333 e. The van der Waals surface area contributed by atoms with Gasteiger partial charge in [0.1, 0.15) is 16.2 Å². The number of carbonyl (C=O) groups is 1. The molecular weight excluding hydrogens is 375 g/mol. The highest BCUT2D eigenvalue weighted by atomic mass is 32.1. The van der Waals surface area contributed by atoms with Gasteiger partial charge in [-0.15, -0.1) is 11.3 Å². The van der Waals surface area contributed by atoms with Crippen LogP contribution in [0, 0.1) is 24.1 Å². The summed E-state index contributed by atoms with van der Waals surface area (Å²) in [6.45, 7) is 2.42. The normalized spacial score (nSPS) is 16.0. The first-order valence-corrected chi connectivity index (χ1v) is 10.3. The van der Waals surface area contributed by atoms with E-state index in [1.54, 1.807) is 12.1 Å². The third-order valence-corrected chi connectivity index (χ3v) is 6.50. The Morgan fingerprint density at radius 1 is 1.32 bits per heavy atom. The summed E-state index contributed by atoms with van der Waals surface area (Å²) in [5, 5.41) is 18.1. The highest BCUT2D eigenvalue weighted by Crippen LogP contribution is 2.31. The minimum atomic E-state index is -0.749. The number of aromatic nitrogens is 2. The van der Waals surface area contributed by atoms with Crippen molar-refractivity contribution in [1.29, 1.82) is 5.26 Å². The Kier molecular flexibility index (Phi) is 4.90. The maximum Gasteiger partial charge on any atom is 0.262 e. The zero-order valence-corrected chi connectivity index (χ0v) is 16.5. The van der Waals surface area contributed by atoms with Crippen molar-refractivity contribution in [3.8, 4) is 6.07 Å². The average molecular weight is 396 g/mol. The topological polar surface area (TPSA) is 70.7 Å². The van der Waals surface area contributed by atoms with Gasteiger partial charge in [0, 0.05) is 5.39 Å². The SMILES string of the molecule is Cc1nn(Cc2ccc(F)cc2)c2sc(C(=O)NC3(C#N)CCCCC3)cc12. The summed E-state index contributed by atoms with van der Waals surface area (Å²) in [6.07, 6.45) is 4.45. The molecule has 1 aliphatic rings. The molecule has 1 N–H and O–H groups in total. The molecule has 0 unspecified atom stereocenters. The summed E-state index contributed by atoms with van der Waals surface area (Å²) in [6, 6.07) is 10.5. The predicted octanol–water partition coefficient (Wildman–Crippen LogP) is 4.55. The number of hydrogen-bond donors (Lipinski definition) is 1. The van der Waals surface area contributed by atoms with Gasteiger partial charge in [-0.05, 0) is 43.5 Å². The van der Waals surface area contributed by atoms with Crippen LogP contribution in [0.25, 0.3) is 10.2 Å². The number of carbonyl (C=O) groups excluding carboxylic acids is 1. The Morgan fingerprint density at radius 2 is 2.04 bits per heavy atom. The molecular formula is C21H21FN4OS. The van der Waals surface area contributed by atoms with E-state index in [9.17, 15) is 14.4 Å². The van der Waals surface area contributed by atoms with Crippen LogP contribution in [0.15, 0.2) is 30.3 Å². The Morgan fingerprint density at radius 3 is 2.71 bits per heavy atom. The first kappa shape index (κ1) is 18.6. The molecule has 0 bridgehead atoms. The molecule has 1 aromatic carbocycles. The van der Waals surface area contributed by atoms with Crippen molar-refractivity contribution in [2.75, 3.05) is 0 Å². The van der Waals surface area contributed by atoms with Crippen molar-refractivity contribution in [3.05, 3.63) is 52.3 Å². The van der Waals surface area contributed by atoms with Gasteiger partial charge in [-0.25, -0.2) is 4.39 Å². The van der Waals surface area contributed by atoms with Gasteiger partial charge in [-0.2, -0.15) is 10.4 Å². The number of thiophene rings is 1. The number of aryl methyl sites for hydroxylation is 1. The Labute approximate surface area is 166 Å². The fourth-order valence-corrected chi connectivity index (χ4v) is 4.85. The Bertz CT molecular complexity index is 1050. The zero-order chi connectivity index (χ0) is 19.7. The number of hydrogen-bond acceptors (Lipinski definition) is 4. The maximum atomic E-state index is 13.1. The van der Waals surface area contributed by atoms with E-state index in [1.807, 2.05) is 17.7 Å². The molecule has 28 heavy (non-hydrogen) atoms. The molecule has 0 aliphatic heterocycles. The molecule has 3 aromatic rings. The van der Waals surface area contributed by atoms with E-state index >= 15 is 0 Å². The Balaban J connectivity index is 1.60. The third-order valence-electron chi connectivity index (χ3n) is 5.35. The van der Waals surface area contributed by atoms with Crippen molar-refractivity contribution in [3.63, 3.8) is 0 Å². The summed E-state index contributed by atoms with van der Waals surface area (Å²) in [7, 11) is 0. The lowest BCUT2D eigenvalue weighted by Crippen LogP contribution is -2.48. The predicted molar refractivity (Wildman–Crippen MR) is 107 cm³/mol. The number of nitrogens with one attached hydrogen (secondary N) is 1. The van der Waals surface area contributed by atoms with Crippen LogP contribution in [0.2, 0.25) is 0 Å². The van der Waals surface area contributed by atoms with E-state index in [0.29, 0.717) is 24.3 Å². The van der Waals surface area contributed by atoms with Crippen LogP contribution in [0.4, 0.5) is 4.39 Å². The van der Waals surface area contributed by atoms with Gasteiger partial charge in [-0.3, -0.25) is 9.48 Å². The maximum absolute atomic E-state index is 13.1. The molecule has 2 aromatic heterocycles. The molecule has 0 saturated heterocycles. The summed E-state index contributed by atoms with van der Waals surface area (Å²) >= 11 is 1.38. The van der Waals surface area contributed by atoms with Gasteiger partial charge < -0.3 is 5.32 Å². The molecule has 144 valence electrons. The molecule has 7 heteroatoms. The van der Waals surface area contributed by atoms with Crippen LogP contribution in [0.1, 0.15) is 53.0 Å². The molecule has 2 heterocycles. The van der Waals surface area contributed by atoms with Crippen LogP contribution in [0.5, 0.6) is 0 Å². The molecule has 1 amide bonds. The highest BCUT2D eigenvalue weighted by molar-refractivity contribution is 7.20. The molecule has 0 atom stereocenters. The fourth-order valence-electron chi connectivity index (χ4n) is 3.79. The molecule has 5 nitrogen and oxygen atoms in total. The second-order valence-electron chi connectivity index (χ2n) is 7.41. The van der Waals surface area contributed by atoms with Crippen molar-refractivity contribution in [2.24, 2.45) is 0 Å². The number of amides is 1. The first-order valence-electron chi connectivity index (χ1n) is 9.45. The minimum Gasteiger partial charge on any atom is -0.333 e. The van der Waals surface area contributed by atoms with E-state index in [0.717, 1.165) is 40.7 Å². The molecule has 1 fully saturated rings. The van der Waals surface area contributed by atoms with Gasteiger partial charge in [0.2, 0.25) is 0 Å². The number of benzene rings is 1. The second-order valence-corrected chi connectivity index (χ2v) is 8.44. The van der Waals surface area contributed by atoms with Gasteiger partial charge >= 0.3 is 0 Å². The third kappa shape index (κ3) is 3.52. The lowest BCUT2D eigenvalue weighted by Gasteiger charge is -2.31. The quantitative estimate of drug-likeness (QED) is 0.703. The van der Waals surface area contributed by atoms with E-state index in [4.69, 9.17) is 0 Å². The van der Waals surface area contributed by atoms with Crippen LogP contribution in [-0.4, -0.2) is 21.2 Å². The lowest BCUT2D eigenvalue weighted by molar-refractivity contribution is 0.0907. The minimum absolute atomic E-state index is 0.197. The van der Waals surface area contributed by atoms with Crippen LogP contribution >= 0.6 is 11.3 Å². The number of nitrogens with zero attached hydrogens (tertiary/aromatic N) is 3. The van der Waals surface area contributed by atoms with Gasteiger partial charge in [0.25, 0.3) is 5.91 Å². The van der Waals surface area contributed by atoms with Gasteiger partial charge in [0.15, 0.2) is 0 Å². The fraction of sp³-hybridized carbons (Fsp3) is 0.381. The van der Waals surface area contributed by atoms with Gasteiger partial charge in [0.05, 0.1) is 23.2 Å². The van der Waals surface area contributed by atoms with E-state index in [-0.39, 0.29) is 11.7 Å².